The van der Waals surface area contributed by atoms with Crippen LogP contribution in [0.2, 0.25) is 0 Å². The molecule has 0 radical (unpaired) electrons. The van der Waals surface area contributed by atoms with Crippen molar-refractivity contribution in [2.45, 2.75) is 10.9 Å². The molecule has 1 aromatic carbocycles. The molecule has 1 atom stereocenters. The van der Waals surface area contributed by atoms with Crippen LogP contribution in [0.1, 0.15) is 21.3 Å². The van der Waals surface area contributed by atoms with Crippen molar-refractivity contribution in [3.8, 4) is 0 Å². The van der Waals surface area contributed by atoms with Gasteiger partial charge in [-0.3, -0.25) is 9.69 Å². The molecule has 1 aliphatic heterocycles. The first-order chi connectivity index (χ1) is 13.0. The van der Waals surface area contributed by atoms with Gasteiger partial charge in [-0.05, 0) is 36.7 Å². The van der Waals surface area contributed by atoms with E-state index in [4.69, 9.17) is 4.74 Å². The second-order valence-corrected chi connectivity index (χ2v) is 8.99. The number of carbonyl (C=O) groups excluding carboxylic acids is 1. The summed E-state index contributed by atoms with van der Waals surface area (Å²) in [5.41, 5.74) is 0.318. The molecule has 0 saturated carbocycles. The second-order valence-electron chi connectivity index (χ2n) is 6.12. The molecule has 27 heavy (non-hydrogen) atoms. The van der Waals surface area contributed by atoms with Crippen LogP contribution in [-0.4, -0.2) is 59.1 Å². The first-order valence-electron chi connectivity index (χ1n) is 8.68. The number of thiophene rings is 1. The number of amides is 1. The number of rotatable bonds is 7. The van der Waals surface area contributed by atoms with E-state index >= 15 is 0 Å². The fourth-order valence-corrected chi connectivity index (χ4v) is 4.63. The molecule has 3 rings (SSSR count). The van der Waals surface area contributed by atoms with Crippen molar-refractivity contribution in [2.75, 3.05) is 39.9 Å². The lowest BCUT2D eigenvalue weighted by atomic mass is 10.1. The van der Waals surface area contributed by atoms with Crippen LogP contribution in [0, 0.1) is 0 Å². The summed E-state index contributed by atoms with van der Waals surface area (Å²) in [6, 6.07) is 10.2. The molecule has 0 spiro atoms. The van der Waals surface area contributed by atoms with Crippen LogP contribution in [0.5, 0.6) is 0 Å². The highest BCUT2D eigenvalue weighted by molar-refractivity contribution is 7.89. The quantitative estimate of drug-likeness (QED) is 0.723. The summed E-state index contributed by atoms with van der Waals surface area (Å²) in [5.74, 6) is -0.294. The molecular formula is C18H23N3O4S2. The number of nitrogens with one attached hydrogen (secondary N) is 2. The van der Waals surface area contributed by atoms with E-state index in [1.807, 2.05) is 11.4 Å². The first kappa shape index (κ1) is 20.0. The van der Waals surface area contributed by atoms with E-state index in [-0.39, 0.29) is 16.8 Å². The molecule has 1 amide bonds. The highest BCUT2D eigenvalue weighted by atomic mass is 32.2. The summed E-state index contributed by atoms with van der Waals surface area (Å²) >= 11 is 1.66. The molecule has 1 saturated heterocycles. The number of hydrogen-bond donors (Lipinski definition) is 2. The van der Waals surface area contributed by atoms with Gasteiger partial charge in [0.05, 0.1) is 24.2 Å². The highest BCUT2D eigenvalue weighted by Crippen LogP contribution is 2.25. The van der Waals surface area contributed by atoms with Crippen LogP contribution in [-0.2, 0) is 14.8 Å². The zero-order valence-electron chi connectivity index (χ0n) is 15.1. The largest absolute Gasteiger partial charge is 0.379 e. The minimum absolute atomic E-state index is 0.0700. The van der Waals surface area contributed by atoms with Crippen LogP contribution in [0.4, 0.5) is 0 Å². The molecule has 0 bridgehead atoms. The van der Waals surface area contributed by atoms with Gasteiger partial charge in [-0.1, -0.05) is 12.1 Å². The molecule has 1 aromatic heterocycles. The third-order valence-corrected chi connectivity index (χ3v) is 6.87. The van der Waals surface area contributed by atoms with E-state index in [2.05, 4.69) is 21.0 Å². The second kappa shape index (κ2) is 8.94. The maximum Gasteiger partial charge on any atom is 0.251 e. The number of sulfonamides is 1. The average molecular weight is 410 g/mol. The fraction of sp³-hybridized carbons (Fsp3) is 0.389. The molecule has 0 unspecified atom stereocenters. The van der Waals surface area contributed by atoms with Gasteiger partial charge < -0.3 is 10.1 Å². The van der Waals surface area contributed by atoms with Crippen molar-refractivity contribution in [2.24, 2.45) is 0 Å². The molecular weight excluding hydrogens is 386 g/mol. The number of ether oxygens (including phenoxy) is 1. The van der Waals surface area contributed by atoms with Crippen molar-refractivity contribution in [3.63, 3.8) is 0 Å². The molecule has 1 aliphatic rings. The zero-order chi connectivity index (χ0) is 19.3. The van der Waals surface area contributed by atoms with Gasteiger partial charge in [0.15, 0.2) is 0 Å². The Bertz CT molecular complexity index is 862. The molecule has 9 heteroatoms. The SMILES string of the molecule is CNS(=O)(=O)c1cccc(C(=O)NC[C@H](c2cccs2)N2CCOCC2)c1. The van der Waals surface area contributed by atoms with Crippen LogP contribution in [0.25, 0.3) is 0 Å². The highest BCUT2D eigenvalue weighted by Gasteiger charge is 2.24. The average Bonchev–Trinajstić information content (AvgIpc) is 3.23. The van der Waals surface area contributed by atoms with E-state index < -0.39 is 10.0 Å². The van der Waals surface area contributed by atoms with Crippen LogP contribution >= 0.6 is 11.3 Å². The van der Waals surface area contributed by atoms with Crippen molar-refractivity contribution < 1.29 is 17.9 Å². The van der Waals surface area contributed by atoms with Gasteiger partial charge >= 0.3 is 0 Å². The van der Waals surface area contributed by atoms with Gasteiger partial charge in [-0.2, -0.15) is 0 Å². The number of benzene rings is 1. The molecule has 1 fully saturated rings. The monoisotopic (exact) mass is 409 g/mol. The van der Waals surface area contributed by atoms with E-state index in [0.717, 1.165) is 13.1 Å². The summed E-state index contributed by atoms with van der Waals surface area (Å²) in [6.45, 7) is 3.44. The minimum Gasteiger partial charge on any atom is -0.379 e. The Kier molecular flexibility index (Phi) is 6.61. The van der Waals surface area contributed by atoms with Gasteiger partial charge in [0.1, 0.15) is 0 Å². The number of hydrogen-bond acceptors (Lipinski definition) is 6. The molecule has 2 aromatic rings. The number of carbonyl (C=O) groups is 1. The molecule has 2 N–H and O–H groups in total. The van der Waals surface area contributed by atoms with Crippen molar-refractivity contribution >= 4 is 27.3 Å². The Hall–Kier alpha value is -1.78. The Morgan fingerprint density at radius 2 is 2.04 bits per heavy atom. The van der Waals surface area contributed by atoms with Crippen molar-refractivity contribution in [3.05, 3.63) is 52.2 Å². The summed E-state index contributed by atoms with van der Waals surface area (Å²) < 4.78 is 31.6. The van der Waals surface area contributed by atoms with Crippen molar-refractivity contribution in [1.29, 1.82) is 0 Å². The Morgan fingerprint density at radius 3 is 2.70 bits per heavy atom. The maximum absolute atomic E-state index is 12.6. The van der Waals surface area contributed by atoms with Gasteiger partial charge in [-0.25, -0.2) is 13.1 Å². The van der Waals surface area contributed by atoms with E-state index in [9.17, 15) is 13.2 Å². The summed E-state index contributed by atoms with van der Waals surface area (Å²) in [4.78, 5) is 16.2. The Morgan fingerprint density at radius 1 is 1.26 bits per heavy atom. The lowest BCUT2D eigenvalue weighted by Gasteiger charge is -2.34. The minimum atomic E-state index is -3.59. The number of nitrogens with zero attached hydrogens (tertiary/aromatic N) is 1. The fourth-order valence-electron chi connectivity index (χ4n) is 2.99. The maximum atomic E-state index is 12.6. The van der Waals surface area contributed by atoms with Gasteiger partial charge in [0, 0.05) is 30.1 Å². The van der Waals surface area contributed by atoms with Gasteiger partial charge in [0.25, 0.3) is 5.91 Å². The molecule has 0 aliphatic carbocycles. The Labute approximate surface area is 163 Å². The van der Waals surface area contributed by atoms with Gasteiger partial charge in [-0.15, -0.1) is 11.3 Å². The molecule has 146 valence electrons. The predicted octanol–water partition coefficient (Wildman–Crippen LogP) is 1.46. The normalized spacial score (nSPS) is 16.8. The third-order valence-electron chi connectivity index (χ3n) is 4.49. The molecule has 7 nitrogen and oxygen atoms in total. The summed E-state index contributed by atoms with van der Waals surface area (Å²) in [5, 5.41) is 4.98. The lowest BCUT2D eigenvalue weighted by molar-refractivity contribution is 0.0169. The van der Waals surface area contributed by atoms with Gasteiger partial charge in [0.2, 0.25) is 10.0 Å². The standard InChI is InChI=1S/C18H23N3O4S2/c1-19-27(23,24)15-5-2-4-14(12-15)18(22)20-13-16(17-6-3-11-26-17)21-7-9-25-10-8-21/h2-6,11-12,16,19H,7-10,13H2,1H3,(H,20,22)/t16-/m1/s1. The van der Waals surface area contributed by atoms with E-state index in [0.29, 0.717) is 25.3 Å². The summed E-state index contributed by atoms with van der Waals surface area (Å²) in [7, 11) is -2.25. The van der Waals surface area contributed by atoms with Crippen molar-refractivity contribution in [1.82, 2.24) is 14.9 Å². The van der Waals surface area contributed by atoms with E-state index in [1.165, 1.54) is 24.1 Å². The third kappa shape index (κ3) is 4.94. The predicted molar refractivity (Wildman–Crippen MR) is 104 cm³/mol. The van der Waals surface area contributed by atoms with E-state index in [1.54, 1.807) is 23.5 Å². The number of morpholine rings is 1. The zero-order valence-corrected chi connectivity index (χ0v) is 16.7. The first-order valence-corrected chi connectivity index (χ1v) is 11.0. The van der Waals surface area contributed by atoms with Crippen LogP contribution < -0.4 is 10.0 Å². The lowest BCUT2D eigenvalue weighted by Crippen LogP contribution is -2.43. The molecule has 2 heterocycles. The summed E-state index contributed by atoms with van der Waals surface area (Å²) in [6.07, 6.45) is 0. The van der Waals surface area contributed by atoms with Crippen LogP contribution in [0.3, 0.4) is 0 Å². The Balaban J connectivity index is 1.72. The smallest absolute Gasteiger partial charge is 0.251 e. The van der Waals surface area contributed by atoms with Crippen LogP contribution in [0.15, 0.2) is 46.7 Å². The topological polar surface area (TPSA) is 87.7 Å².